The average Bonchev–Trinajstić information content (AvgIpc) is 2.42. The van der Waals surface area contributed by atoms with Crippen LogP contribution in [0.4, 0.5) is 5.69 Å². The molecule has 1 aliphatic heterocycles. The van der Waals surface area contributed by atoms with E-state index in [0.29, 0.717) is 0 Å². The highest BCUT2D eigenvalue weighted by molar-refractivity contribution is 5.34. The van der Waals surface area contributed by atoms with Crippen molar-refractivity contribution in [2.24, 2.45) is 11.7 Å². The molecule has 0 radical (unpaired) electrons. The molecule has 1 aliphatic rings. The lowest BCUT2D eigenvalue weighted by molar-refractivity contribution is -0.384. The van der Waals surface area contributed by atoms with Crippen molar-refractivity contribution in [3.63, 3.8) is 0 Å². The summed E-state index contributed by atoms with van der Waals surface area (Å²) < 4.78 is 0. The normalized spacial score (nSPS) is 17.5. The Morgan fingerprint density at radius 1 is 1.37 bits per heavy atom. The van der Waals surface area contributed by atoms with Crippen LogP contribution in [-0.4, -0.2) is 29.5 Å². The van der Waals surface area contributed by atoms with Crippen molar-refractivity contribution in [2.45, 2.75) is 25.8 Å². The molecule has 0 unspecified atom stereocenters. The van der Waals surface area contributed by atoms with E-state index in [1.807, 2.05) is 6.07 Å². The largest absolute Gasteiger partial charge is 0.330 e. The molecule has 1 aromatic rings. The van der Waals surface area contributed by atoms with Gasteiger partial charge >= 0.3 is 0 Å². The van der Waals surface area contributed by atoms with Crippen LogP contribution in [0.3, 0.4) is 0 Å². The second-order valence-electron chi connectivity index (χ2n) is 5.22. The fourth-order valence-corrected chi connectivity index (χ4v) is 2.70. The molecule has 2 rings (SSSR count). The molecule has 5 nitrogen and oxygen atoms in total. The number of piperidine rings is 1. The number of nitrogens with zero attached hydrogens (tertiary/aromatic N) is 2. The Balaban J connectivity index is 1.88. The van der Waals surface area contributed by atoms with Gasteiger partial charge in [-0.1, -0.05) is 12.1 Å². The first-order chi connectivity index (χ1) is 9.19. The van der Waals surface area contributed by atoms with Crippen LogP contribution in [0.15, 0.2) is 24.3 Å². The molecule has 0 aromatic heterocycles. The lowest BCUT2D eigenvalue weighted by Gasteiger charge is -2.31. The Labute approximate surface area is 113 Å². The first kappa shape index (κ1) is 14.0. The fourth-order valence-electron chi connectivity index (χ4n) is 2.70. The quantitative estimate of drug-likeness (QED) is 0.652. The molecule has 1 fully saturated rings. The van der Waals surface area contributed by atoms with Crippen LogP contribution in [0.25, 0.3) is 0 Å². The van der Waals surface area contributed by atoms with E-state index >= 15 is 0 Å². The predicted octanol–water partition coefficient (Wildman–Crippen LogP) is 2.16. The summed E-state index contributed by atoms with van der Waals surface area (Å²) >= 11 is 0. The van der Waals surface area contributed by atoms with E-state index in [9.17, 15) is 10.1 Å². The van der Waals surface area contributed by atoms with E-state index in [0.717, 1.165) is 44.1 Å². The third-order valence-electron chi connectivity index (χ3n) is 3.81. The summed E-state index contributed by atoms with van der Waals surface area (Å²) in [5.41, 5.74) is 6.78. The van der Waals surface area contributed by atoms with E-state index < -0.39 is 0 Å². The zero-order chi connectivity index (χ0) is 13.7. The predicted molar refractivity (Wildman–Crippen MR) is 74.8 cm³/mol. The molecule has 1 saturated heterocycles. The first-order valence-electron chi connectivity index (χ1n) is 6.85. The molecule has 0 bridgehead atoms. The van der Waals surface area contributed by atoms with E-state index in [1.165, 1.54) is 18.9 Å². The van der Waals surface area contributed by atoms with Crippen LogP contribution in [0, 0.1) is 16.0 Å². The van der Waals surface area contributed by atoms with Gasteiger partial charge in [0, 0.05) is 18.7 Å². The van der Waals surface area contributed by atoms with Gasteiger partial charge in [0.1, 0.15) is 0 Å². The Kier molecular flexibility index (Phi) is 4.87. The number of rotatable bonds is 5. The average molecular weight is 263 g/mol. The second-order valence-corrected chi connectivity index (χ2v) is 5.22. The van der Waals surface area contributed by atoms with Crippen molar-refractivity contribution >= 4 is 5.69 Å². The summed E-state index contributed by atoms with van der Waals surface area (Å²) in [4.78, 5) is 12.8. The molecule has 0 saturated carbocycles. The van der Waals surface area contributed by atoms with Gasteiger partial charge in [-0.25, -0.2) is 0 Å². The smallest absolute Gasteiger partial charge is 0.269 e. The maximum absolute atomic E-state index is 10.7. The van der Waals surface area contributed by atoms with Gasteiger partial charge in [-0.15, -0.1) is 0 Å². The molecular formula is C14H21N3O2. The Morgan fingerprint density at radius 2 is 2.11 bits per heavy atom. The zero-order valence-electron chi connectivity index (χ0n) is 11.1. The minimum absolute atomic E-state index is 0.176. The molecule has 0 aliphatic carbocycles. The van der Waals surface area contributed by atoms with Crippen LogP contribution in [0.1, 0.15) is 24.8 Å². The Bertz CT molecular complexity index is 428. The van der Waals surface area contributed by atoms with Crippen molar-refractivity contribution < 1.29 is 4.92 Å². The molecule has 104 valence electrons. The molecule has 0 amide bonds. The Hall–Kier alpha value is -1.46. The monoisotopic (exact) mass is 263 g/mol. The number of benzene rings is 1. The highest BCUT2D eigenvalue weighted by Crippen LogP contribution is 2.22. The van der Waals surface area contributed by atoms with Crippen molar-refractivity contribution in [1.29, 1.82) is 0 Å². The highest BCUT2D eigenvalue weighted by Gasteiger charge is 2.19. The van der Waals surface area contributed by atoms with Gasteiger partial charge < -0.3 is 5.73 Å². The SMILES string of the molecule is NCCC1CCN(Cc2cccc([N+](=O)[O-])c2)CC1. The van der Waals surface area contributed by atoms with Gasteiger partial charge in [0.25, 0.3) is 5.69 Å². The molecule has 0 atom stereocenters. The molecule has 0 spiro atoms. The van der Waals surface area contributed by atoms with Crippen LogP contribution in [-0.2, 0) is 6.54 Å². The van der Waals surface area contributed by atoms with Crippen molar-refractivity contribution in [3.8, 4) is 0 Å². The Morgan fingerprint density at radius 3 is 2.74 bits per heavy atom. The number of hydrogen-bond acceptors (Lipinski definition) is 4. The summed E-state index contributed by atoms with van der Waals surface area (Å²) in [5, 5.41) is 10.7. The summed E-state index contributed by atoms with van der Waals surface area (Å²) in [6.07, 6.45) is 3.49. The standard InChI is InChI=1S/C14H21N3O2/c15-7-4-12-5-8-16(9-6-12)11-13-2-1-3-14(10-13)17(18)19/h1-3,10,12H,4-9,11,15H2. The number of nitro benzene ring substituents is 1. The van der Waals surface area contributed by atoms with Crippen LogP contribution >= 0.6 is 0 Å². The molecule has 19 heavy (non-hydrogen) atoms. The van der Waals surface area contributed by atoms with Crippen molar-refractivity contribution in [3.05, 3.63) is 39.9 Å². The van der Waals surface area contributed by atoms with E-state index in [1.54, 1.807) is 12.1 Å². The number of nitro groups is 1. The summed E-state index contributed by atoms with van der Waals surface area (Å²) in [7, 11) is 0. The van der Waals surface area contributed by atoms with Crippen LogP contribution in [0.2, 0.25) is 0 Å². The number of nitrogens with two attached hydrogens (primary N) is 1. The number of non-ortho nitro benzene ring substituents is 1. The molecule has 5 heteroatoms. The summed E-state index contributed by atoms with van der Waals surface area (Å²) in [5.74, 6) is 0.756. The van der Waals surface area contributed by atoms with E-state index in [4.69, 9.17) is 5.73 Å². The van der Waals surface area contributed by atoms with Gasteiger partial charge in [0.05, 0.1) is 4.92 Å². The van der Waals surface area contributed by atoms with Gasteiger partial charge in [-0.3, -0.25) is 15.0 Å². The summed E-state index contributed by atoms with van der Waals surface area (Å²) in [6, 6.07) is 6.93. The second kappa shape index (κ2) is 6.63. The van der Waals surface area contributed by atoms with Gasteiger partial charge in [0.2, 0.25) is 0 Å². The topological polar surface area (TPSA) is 72.4 Å². The van der Waals surface area contributed by atoms with Crippen LogP contribution in [0.5, 0.6) is 0 Å². The third kappa shape index (κ3) is 4.01. The number of likely N-dealkylation sites (tertiary alicyclic amines) is 1. The summed E-state index contributed by atoms with van der Waals surface area (Å²) in [6.45, 7) is 3.70. The maximum atomic E-state index is 10.7. The van der Waals surface area contributed by atoms with Gasteiger partial charge in [0.15, 0.2) is 0 Å². The molecule has 1 heterocycles. The molecule has 2 N–H and O–H groups in total. The van der Waals surface area contributed by atoms with Crippen LogP contribution < -0.4 is 5.73 Å². The molecule has 1 aromatic carbocycles. The zero-order valence-corrected chi connectivity index (χ0v) is 11.1. The molecular weight excluding hydrogens is 242 g/mol. The van der Waals surface area contributed by atoms with E-state index in [-0.39, 0.29) is 10.6 Å². The highest BCUT2D eigenvalue weighted by atomic mass is 16.6. The number of hydrogen-bond donors (Lipinski definition) is 1. The fraction of sp³-hybridized carbons (Fsp3) is 0.571. The first-order valence-corrected chi connectivity index (χ1v) is 6.85. The van der Waals surface area contributed by atoms with Crippen molar-refractivity contribution in [1.82, 2.24) is 4.90 Å². The van der Waals surface area contributed by atoms with Gasteiger partial charge in [-0.2, -0.15) is 0 Å². The maximum Gasteiger partial charge on any atom is 0.269 e. The lowest BCUT2D eigenvalue weighted by atomic mass is 9.93. The third-order valence-corrected chi connectivity index (χ3v) is 3.81. The van der Waals surface area contributed by atoms with E-state index in [2.05, 4.69) is 4.90 Å². The van der Waals surface area contributed by atoms with Gasteiger partial charge in [-0.05, 0) is 50.4 Å². The minimum Gasteiger partial charge on any atom is -0.330 e. The minimum atomic E-state index is -0.336. The lowest BCUT2D eigenvalue weighted by Crippen LogP contribution is -2.33. The van der Waals surface area contributed by atoms with Crippen molar-refractivity contribution in [2.75, 3.05) is 19.6 Å².